The second kappa shape index (κ2) is 8.84. The van der Waals surface area contributed by atoms with E-state index < -0.39 is 5.97 Å². The van der Waals surface area contributed by atoms with Gasteiger partial charge in [-0.25, -0.2) is 4.79 Å². The molecule has 2 aliphatic rings. The first-order valence-electron chi connectivity index (χ1n) is 9.70. The molecule has 1 unspecified atom stereocenters. The molecule has 2 heterocycles. The SMILES string of the molecule is CN1C(=O)N(c2ccc3c(c2)CCNC3)CC1c1ccc(CCC(=O)O)cc1.Cl. The Balaban J connectivity index is 0.00000240. The lowest BCUT2D eigenvalue weighted by Gasteiger charge is -2.21. The zero-order valence-corrected chi connectivity index (χ0v) is 17.2. The molecule has 0 aromatic heterocycles. The number of urea groups is 1. The second-order valence-electron chi connectivity index (χ2n) is 7.53. The fraction of sp³-hybridized carbons (Fsp3) is 0.364. The fourth-order valence-electron chi connectivity index (χ4n) is 4.03. The Kier molecular flexibility index (Phi) is 6.45. The summed E-state index contributed by atoms with van der Waals surface area (Å²) in [6, 6.07) is 14.2. The third-order valence-electron chi connectivity index (χ3n) is 5.74. The van der Waals surface area contributed by atoms with Gasteiger partial charge in [0, 0.05) is 25.7 Å². The minimum atomic E-state index is -0.790. The molecule has 4 rings (SSSR count). The van der Waals surface area contributed by atoms with Crippen LogP contribution in [0.3, 0.4) is 0 Å². The molecule has 2 aromatic rings. The number of nitrogens with one attached hydrogen (secondary N) is 1. The fourth-order valence-corrected chi connectivity index (χ4v) is 4.03. The van der Waals surface area contributed by atoms with Crippen LogP contribution in [0.2, 0.25) is 0 Å². The van der Waals surface area contributed by atoms with Gasteiger partial charge in [0.2, 0.25) is 0 Å². The van der Waals surface area contributed by atoms with Crippen molar-refractivity contribution < 1.29 is 14.7 Å². The Bertz CT molecular complexity index is 901. The maximum atomic E-state index is 12.9. The molecule has 0 aliphatic carbocycles. The van der Waals surface area contributed by atoms with Gasteiger partial charge in [0.25, 0.3) is 0 Å². The number of carbonyl (C=O) groups is 2. The smallest absolute Gasteiger partial charge is 0.324 e. The highest BCUT2D eigenvalue weighted by atomic mass is 35.5. The van der Waals surface area contributed by atoms with Crippen molar-refractivity contribution >= 4 is 30.1 Å². The number of hydrogen-bond donors (Lipinski definition) is 2. The van der Waals surface area contributed by atoms with Gasteiger partial charge in [0.05, 0.1) is 12.6 Å². The number of amides is 2. The highest BCUT2D eigenvalue weighted by Crippen LogP contribution is 2.33. The van der Waals surface area contributed by atoms with Crippen LogP contribution in [0, 0.1) is 0 Å². The van der Waals surface area contributed by atoms with Gasteiger partial charge in [-0.15, -0.1) is 12.4 Å². The third kappa shape index (κ3) is 4.38. The van der Waals surface area contributed by atoms with Crippen molar-refractivity contribution in [3.05, 3.63) is 64.7 Å². The van der Waals surface area contributed by atoms with Crippen molar-refractivity contribution in [2.24, 2.45) is 0 Å². The normalized spacial score (nSPS) is 18.4. The molecule has 154 valence electrons. The third-order valence-corrected chi connectivity index (χ3v) is 5.74. The predicted molar refractivity (Wildman–Crippen MR) is 115 cm³/mol. The molecule has 0 bridgehead atoms. The van der Waals surface area contributed by atoms with Crippen LogP contribution < -0.4 is 10.2 Å². The lowest BCUT2D eigenvalue weighted by Crippen LogP contribution is -2.30. The van der Waals surface area contributed by atoms with Crippen LogP contribution in [0.4, 0.5) is 10.5 Å². The van der Waals surface area contributed by atoms with E-state index in [4.69, 9.17) is 5.11 Å². The van der Waals surface area contributed by atoms with Crippen LogP contribution in [-0.2, 0) is 24.2 Å². The molecule has 2 aromatic carbocycles. The quantitative estimate of drug-likeness (QED) is 0.785. The summed E-state index contributed by atoms with van der Waals surface area (Å²) < 4.78 is 0. The van der Waals surface area contributed by atoms with Gasteiger partial charge in [-0.2, -0.15) is 0 Å². The molecule has 2 aliphatic heterocycles. The van der Waals surface area contributed by atoms with E-state index in [9.17, 15) is 9.59 Å². The van der Waals surface area contributed by atoms with Gasteiger partial charge < -0.3 is 15.3 Å². The van der Waals surface area contributed by atoms with Gasteiger partial charge in [-0.3, -0.25) is 9.69 Å². The molecule has 1 atom stereocenters. The number of halogens is 1. The molecule has 1 fully saturated rings. The molecule has 29 heavy (non-hydrogen) atoms. The number of carboxylic acids is 1. The van der Waals surface area contributed by atoms with Gasteiger partial charge in [0.1, 0.15) is 0 Å². The number of carboxylic acid groups (broad SMARTS) is 1. The van der Waals surface area contributed by atoms with Crippen LogP contribution in [0.5, 0.6) is 0 Å². The maximum Gasteiger partial charge on any atom is 0.324 e. The second-order valence-corrected chi connectivity index (χ2v) is 7.53. The average molecular weight is 416 g/mol. The number of nitrogens with zero attached hydrogens (tertiary/aromatic N) is 2. The van der Waals surface area contributed by atoms with Gasteiger partial charge in [0.15, 0.2) is 0 Å². The number of aryl methyl sites for hydroxylation is 1. The van der Waals surface area contributed by atoms with E-state index in [2.05, 4.69) is 17.4 Å². The summed E-state index contributed by atoms with van der Waals surface area (Å²) in [4.78, 5) is 27.2. The summed E-state index contributed by atoms with van der Waals surface area (Å²) in [6.45, 7) is 2.47. The molecule has 0 spiro atoms. The standard InChI is InChI=1S/C22H25N3O3.ClH/c1-24-20(16-5-2-15(3-6-16)4-9-21(26)27)14-25(22(24)28)19-8-7-18-13-23-11-10-17(18)12-19;/h2-3,5-8,12,20,23H,4,9-11,13-14H2,1H3,(H,26,27);1H. The van der Waals surface area contributed by atoms with Crippen LogP contribution >= 0.6 is 12.4 Å². The van der Waals surface area contributed by atoms with Crippen molar-refractivity contribution in [1.82, 2.24) is 10.2 Å². The Morgan fingerprint density at radius 3 is 2.66 bits per heavy atom. The number of fused-ring (bicyclic) bond motifs is 1. The van der Waals surface area contributed by atoms with Crippen molar-refractivity contribution in [2.75, 3.05) is 25.0 Å². The van der Waals surface area contributed by atoms with E-state index in [0.717, 1.165) is 36.3 Å². The molecular weight excluding hydrogens is 390 g/mol. The molecule has 0 radical (unpaired) electrons. The number of likely N-dealkylation sites (N-methyl/N-ethyl adjacent to an activating group) is 1. The van der Waals surface area contributed by atoms with Gasteiger partial charge in [-0.1, -0.05) is 30.3 Å². The largest absolute Gasteiger partial charge is 0.481 e. The molecule has 1 saturated heterocycles. The minimum Gasteiger partial charge on any atom is -0.481 e. The average Bonchev–Trinajstić information content (AvgIpc) is 3.01. The summed E-state index contributed by atoms with van der Waals surface area (Å²) in [5.41, 5.74) is 5.65. The van der Waals surface area contributed by atoms with Crippen molar-refractivity contribution in [3.63, 3.8) is 0 Å². The van der Waals surface area contributed by atoms with Crippen LogP contribution in [0.15, 0.2) is 42.5 Å². The molecule has 2 amide bonds. The maximum absolute atomic E-state index is 12.9. The summed E-state index contributed by atoms with van der Waals surface area (Å²) in [5, 5.41) is 12.2. The first-order chi connectivity index (χ1) is 13.5. The number of aliphatic carboxylic acids is 1. The highest BCUT2D eigenvalue weighted by molar-refractivity contribution is 5.94. The van der Waals surface area contributed by atoms with E-state index in [-0.39, 0.29) is 30.9 Å². The minimum absolute atomic E-state index is 0. The first-order valence-corrected chi connectivity index (χ1v) is 9.70. The number of carbonyl (C=O) groups excluding carboxylic acids is 1. The molecular formula is C22H26ClN3O3. The number of hydrogen-bond acceptors (Lipinski definition) is 3. The topological polar surface area (TPSA) is 72.9 Å². The summed E-state index contributed by atoms with van der Waals surface area (Å²) in [5.74, 6) is -0.790. The molecule has 0 saturated carbocycles. The monoisotopic (exact) mass is 415 g/mol. The number of anilines is 1. The first kappa shape index (κ1) is 21.1. The Labute approximate surface area is 176 Å². The zero-order chi connectivity index (χ0) is 19.7. The summed E-state index contributed by atoms with van der Waals surface area (Å²) in [7, 11) is 1.84. The van der Waals surface area contributed by atoms with E-state index >= 15 is 0 Å². The zero-order valence-electron chi connectivity index (χ0n) is 16.4. The van der Waals surface area contributed by atoms with Crippen LogP contribution in [-0.4, -0.2) is 42.1 Å². The van der Waals surface area contributed by atoms with Gasteiger partial charge >= 0.3 is 12.0 Å². The highest BCUT2D eigenvalue weighted by Gasteiger charge is 2.36. The Hall–Kier alpha value is -2.57. The van der Waals surface area contributed by atoms with E-state index in [1.807, 2.05) is 42.3 Å². The van der Waals surface area contributed by atoms with Crippen LogP contribution in [0.25, 0.3) is 0 Å². The summed E-state index contributed by atoms with van der Waals surface area (Å²) >= 11 is 0. The Morgan fingerprint density at radius 2 is 1.93 bits per heavy atom. The summed E-state index contributed by atoms with van der Waals surface area (Å²) in [6.07, 6.45) is 1.64. The van der Waals surface area contributed by atoms with E-state index in [0.29, 0.717) is 13.0 Å². The predicted octanol–water partition coefficient (Wildman–Crippen LogP) is 3.38. The van der Waals surface area contributed by atoms with Crippen LogP contribution in [0.1, 0.15) is 34.7 Å². The van der Waals surface area contributed by atoms with Crippen molar-refractivity contribution in [1.29, 1.82) is 0 Å². The lowest BCUT2D eigenvalue weighted by molar-refractivity contribution is -0.136. The van der Waals surface area contributed by atoms with Crippen molar-refractivity contribution in [3.8, 4) is 0 Å². The number of benzene rings is 2. The van der Waals surface area contributed by atoms with Crippen molar-refractivity contribution in [2.45, 2.75) is 31.8 Å². The molecule has 2 N–H and O–H groups in total. The molecule has 6 nitrogen and oxygen atoms in total. The van der Waals surface area contributed by atoms with E-state index in [1.54, 1.807) is 4.90 Å². The Morgan fingerprint density at radius 1 is 1.17 bits per heavy atom. The molecule has 7 heteroatoms. The van der Waals surface area contributed by atoms with Gasteiger partial charge in [-0.05, 0) is 53.8 Å². The lowest BCUT2D eigenvalue weighted by atomic mass is 10.00. The number of rotatable bonds is 5. The van der Waals surface area contributed by atoms with E-state index in [1.165, 1.54) is 11.1 Å².